The molecule has 0 saturated carbocycles. The van der Waals surface area contributed by atoms with Crippen LogP contribution >= 0.6 is 11.6 Å². The van der Waals surface area contributed by atoms with Gasteiger partial charge in [0.25, 0.3) is 0 Å². The molecule has 0 radical (unpaired) electrons. The molecule has 0 spiro atoms. The summed E-state index contributed by atoms with van der Waals surface area (Å²) in [6, 6.07) is 6.37. The number of halogens is 2. The molecule has 2 aromatic heterocycles. The van der Waals surface area contributed by atoms with Gasteiger partial charge in [-0.25, -0.2) is 9.37 Å². The van der Waals surface area contributed by atoms with E-state index >= 15 is 0 Å². The number of rotatable bonds is 3. The maximum Gasteiger partial charge on any atom is 0.244 e. The molecular weight excluding hydrogens is 271 g/mol. The molecule has 0 aliphatic carbocycles. The summed E-state index contributed by atoms with van der Waals surface area (Å²) in [5.74, 6) is -0.0840. The van der Waals surface area contributed by atoms with Crippen molar-refractivity contribution in [2.75, 3.05) is 0 Å². The minimum Gasteiger partial charge on any atom is -0.471 e. The summed E-state index contributed by atoms with van der Waals surface area (Å²) in [7, 11) is 0. The molecule has 3 rings (SSSR count). The van der Waals surface area contributed by atoms with Crippen LogP contribution in [0.25, 0.3) is 11.2 Å². The molecule has 0 saturated heterocycles. The van der Waals surface area contributed by atoms with E-state index in [0.29, 0.717) is 16.7 Å². The van der Waals surface area contributed by atoms with Gasteiger partial charge in [0.05, 0.1) is 6.33 Å². The lowest BCUT2D eigenvalue weighted by atomic mass is 10.2. The quantitative estimate of drug-likeness (QED) is 0.748. The standard InChI is InChI=1S/C12H8ClFN4O/c13-12-17-10-9(15-6-16-10)11(18-12)19-5-7-3-1-2-4-8(7)14/h1-4,6H,5H2,(H,15,16,17,18). The molecule has 7 heteroatoms. The highest BCUT2D eigenvalue weighted by atomic mass is 35.5. The smallest absolute Gasteiger partial charge is 0.244 e. The number of fused-ring (bicyclic) bond motifs is 1. The SMILES string of the molecule is Fc1ccccc1COc1nc(Cl)nc2nc[nH]c12. The van der Waals surface area contributed by atoms with Crippen molar-refractivity contribution in [3.05, 3.63) is 47.3 Å². The number of nitrogens with zero attached hydrogens (tertiary/aromatic N) is 3. The van der Waals surface area contributed by atoms with Gasteiger partial charge in [-0.1, -0.05) is 18.2 Å². The number of nitrogens with one attached hydrogen (secondary N) is 1. The molecule has 5 nitrogen and oxygen atoms in total. The Kier molecular flexibility index (Phi) is 3.00. The Bertz CT molecular complexity index is 731. The highest BCUT2D eigenvalue weighted by molar-refractivity contribution is 6.28. The van der Waals surface area contributed by atoms with Crippen LogP contribution in [0, 0.1) is 5.82 Å². The van der Waals surface area contributed by atoms with Gasteiger partial charge >= 0.3 is 0 Å². The van der Waals surface area contributed by atoms with Crippen molar-refractivity contribution >= 4 is 22.8 Å². The lowest BCUT2D eigenvalue weighted by molar-refractivity contribution is 0.291. The highest BCUT2D eigenvalue weighted by Crippen LogP contribution is 2.22. The monoisotopic (exact) mass is 278 g/mol. The Morgan fingerprint density at radius 3 is 2.95 bits per heavy atom. The predicted octanol–water partition coefficient (Wildman–Crippen LogP) is 2.72. The fourth-order valence-corrected chi connectivity index (χ4v) is 1.80. The van der Waals surface area contributed by atoms with E-state index in [-0.39, 0.29) is 23.6 Å². The van der Waals surface area contributed by atoms with E-state index in [4.69, 9.17) is 16.3 Å². The summed E-state index contributed by atoms with van der Waals surface area (Å²) in [6.45, 7) is 0.0497. The topological polar surface area (TPSA) is 63.7 Å². The molecule has 0 amide bonds. The fraction of sp³-hybridized carbons (Fsp3) is 0.0833. The number of ether oxygens (including phenoxy) is 1. The number of benzene rings is 1. The van der Waals surface area contributed by atoms with Crippen LogP contribution in [0.5, 0.6) is 5.88 Å². The van der Waals surface area contributed by atoms with Gasteiger partial charge in [-0.2, -0.15) is 9.97 Å². The van der Waals surface area contributed by atoms with Crippen LogP contribution in [0.3, 0.4) is 0 Å². The Balaban J connectivity index is 1.90. The van der Waals surface area contributed by atoms with Gasteiger partial charge in [-0.15, -0.1) is 0 Å². The van der Waals surface area contributed by atoms with E-state index in [1.807, 2.05) is 0 Å². The summed E-state index contributed by atoms with van der Waals surface area (Å²) in [6.07, 6.45) is 1.46. The predicted molar refractivity (Wildman–Crippen MR) is 67.4 cm³/mol. The largest absolute Gasteiger partial charge is 0.471 e. The molecule has 1 N–H and O–H groups in total. The third-order valence-electron chi connectivity index (χ3n) is 2.55. The van der Waals surface area contributed by atoms with E-state index in [0.717, 1.165) is 0 Å². The maximum atomic E-state index is 13.5. The number of imidazole rings is 1. The number of hydrogen-bond donors (Lipinski definition) is 1. The average Bonchev–Trinajstić information content (AvgIpc) is 2.85. The Labute approximate surface area is 112 Å². The number of aromatic nitrogens is 4. The highest BCUT2D eigenvalue weighted by Gasteiger charge is 2.11. The fourth-order valence-electron chi connectivity index (χ4n) is 1.65. The second-order valence-electron chi connectivity index (χ2n) is 3.78. The van der Waals surface area contributed by atoms with Crippen LogP contribution in [0.4, 0.5) is 4.39 Å². The molecule has 3 aromatic rings. The zero-order chi connectivity index (χ0) is 13.2. The van der Waals surface area contributed by atoms with Crippen LogP contribution in [0.2, 0.25) is 5.28 Å². The normalized spacial score (nSPS) is 10.8. The van der Waals surface area contributed by atoms with Crippen LogP contribution in [-0.4, -0.2) is 19.9 Å². The Hall–Kier alpha value is -2.21. The van der Waals surface area contributed by atoms with Gasteiger partial charge in [0.15, 0.2) is 5.65 Å². The average molecular weight is 279 g/mol. The zero-order valence-corrected chi connectivity index (χ0v) is 10.4. The molecule has 0 aliphatic heterocycles. The first-order valence-corrected chi connectivity index (χ1v) is 5.84. The van der Waals surface area contributed by atoms with Gasteiger partial charge in [0.1, 0.15) is 17.9 Å². The van der Waals surface area contributed by atoms with Crippen molar-refractivity contribution in [3.63, 3.8) is 0 Å². The number of H-pyrrole nitrogens is 1. The van der Waals surface area contributed by atoms with E-state index in [1.54, 1.807) is 18.2 Å². The maximum absolute atomic E-state index is 13.5. The number of aromatic amines is 1. The summed E-state index contributed by atoms with van der Waals surface area (Å²) in [4.78, 5) is 14.7. The van der Waals surface area contributed by atoms with Crippen molar-refractivity contribution in [2.24, 2.45) is 0 Å². The molecule has 0 unspecified atom stereocenters. The van der Waals surface area contributed by atoms with Gasteiger partial charge in [0.2, 0.25) is 11.2 Å². The first-order valence-electron chi connectivity index (χ1n) is 5.47. The van der Waals surface area contributed by atoms with Crippen molar-refractivity contribution in [1.29, 1.82) is 0 Å². The van der Waals surface area contributed by atoms with Gasteiger partial charge in [-0.05, 0) is 17.7 Å². The summed E-state index contributed by atoms with van der Waals surface area (Å²) in [5, 5.41) is 0.0307. The molecular formula is C12H8ClFN4O. The van der Waals surface area contributed by atoms with E-state index < -0.39 is 0 Å². The molecule has 19 heavy (non-hydrogen) atoms. The Morgan fingerprint density at radius 2 is 2.11 bits per heavy atom. The second-order valence-corrected chi connectivity index (χ2v) is 4.12. The molecule has 96 valence electrons. The molecule has 1 aromatic carbocycles. The Morgan fingerprint density at radius 1 is 1.26 bits per heavy atom. The van der Waals surface area contributed by atoms with Crippen LogP contribution in [0.15, 0.2) is 30.6 Å². The summed E-state index contributed by atoms with van der Waals surface area (Å²) in [5.41, 5.74) is 1.37. The van der Waals surface area contributed by atoms with Crippen molar-refractivity contribution in [1.82, 2.24) is 19.9 Å². The third kappa shape index (κ3) is 2.34. The first-order chi connectivity index (χ1) is 9.24. The van der Waals surface area contributed by atoms with Crippen molar-refractivity contribution in [3.8, 4) is 5.88 Å². The number of hydrogen-bond acceptors (Lipinski definition) is 4. The van der Waals surface area contributed by atoms with E-state index in [9.17, 15) is 4.39 Å². The van der Waals surface area contributed by atoms with E-state index in [1.165, 1.54) is 12.4 Å². The summed E-state index contributed by atoms with van der Waals surface area (Å²) >= 11 is 5.76. The molecule has 0 fully saturated rings. The molecule has 2 heterocycles. The van der Waals surface area contributed by atoms with Crippen LogP contribution in [0.1, 0.15) is 5.56 Å². The van der Waals surface area contributed by atoms with Crippen molar-refractivity contribution < 1.29 is 9.13 Å². The van der Waals surface area contributed by atoms with Gasteiger partial charge in [0, 0.05) is 5.56 Å². The molecule has 0 aliphatic rings. The lowest BCUT2D eigenvalue weighted by Gasteiger charge is -2.06. The third-order valence-corrected chi connectivity index (χ3v) is 2.72. The first kappa shape index (κ1) is 11.9. The van der Waals surface area contributed by atoms with Gasteiger partial charge in [-0.3, -0.25) is 0 Å². The second kappa shape index (κ2) is 4.81. The van der Waals surface area contributed by atoms with Crippen LogP contribution < -0.4 is 4.74 Å². The zero-order valence-electron chi connectivity index (χ0n) is 9.60. The van der Waals surface area contributed by atoms with Crippen LogP contribution in [-0.2, 0) is 6.61 Å². The summed E-state index contributed by atoms with van der Waals surface area (Å²) < 4.78 is 18.9. The van der Waals surface area contributed by atoms with Crippen molar-refractivity contribution in [2.45, 2.75) is 6.61 Å². The van der Waals surface area contributed by atoms with Gasteiger partial charge < -0.3 is 9.72 Å². The minimum absolute atomic E-state index is 0.0307. The molecule has 0 atom stereocenters. The minimum atomic E-state index is -0.330. The lowest BCUT2D eigenvalue weighted by Crippen LogP contribution is -2.01. The van der Waals surface area contributed by atoms with E-state index in [2.05, 4.69) is 19.9 Å². The molecule has 0 bridgehead atoms.